The highest BCUT2D eigenvalue weighted by Crippen LogP contribution is 2.30. The lowest BCUT2D eigenvalue weighted by molar-refractivity contribution is -0.148. The highest BCUT2D eigenvalue weighted by molar-refractivity contribution is 7.89. The van der Waals surface area contributed by atoms with E-state index in [0.717, 1.165) is 12.8 Å². The minimum atomic E-state index is -3.52. The van der Waals surface area contributed by atoms with Crippen molar-refractivity contribution in [1.29, 1.82) is 0 Å². The van der Waals surface area contributed by atoms with Gasteiger partial charge in [-0.15, -0.1) is 0 Å². The second-order valence-electron chi connectivity index (χ2n) is 5.54. The first-order valence-corrected chi connectivity index (χ1v) is 9.39. The number of benzene rings is 1. The number of amides is 1. The topological polar surface area (TPSA) is 92.8 Å². The zero-order valence-corrected chi connectivity index (χ0v) is 14.6. The van der Waals surface area contributed by atoms with Crippen molar-refractivity contribution in [1.82, 2.24) is 4.31 Å². The fourth-order valence-corrected chi connectivity index (χ4v) is 3.65. The third-order valence-electron chi connectivity index (χ3n) is 3.74. The molecule has 1 aliphatic rings. The molecule has 1 saturated carbocycles. The van der Waals surface area contributed by atoms with Crippen molar-refractivity contribution in [2.45, 2.75) is 31.6 Å². The summed E-state index contributed by atoms with van der Waals surface area (Å²) in [5, 5.41) is 2.57. The number of hydrogen-bond acceptors (Lipinski definition) is 5. The number of rotatable bonds is 8. The minimum Gasteiger partial charge on any atom is -0.455 e. The third kappa shape index (κ3) is 4.55. The number of anilines is 1. The molecular weight excluding hydrogens is 332 g/mol. The summed E-state index contributed by atoms with van der Waals surface area (Å²) in [7, 11) is -3.52. The molecule has 8 heteroatoms. The predicted molar refractivity (Wildman–Crippen MR) is 88.9 cm³/mol. The number of hydrogen-bond donors (Lipinski definition) is 1. The fourth-order valence-electron chi connectivity index (χ4n) is 2.19. The highest BCUT2D eigenvalue weighted by atomic mass is 32.2. The Balaban J connectivity index is 1.93. The molecular formula is C16H22N2O5S. The summed E-state index contributed by atoms with van der Waals surface area (Å²) in [5.41, 5.74) is 0.445. The molecule has 24 heavy (non-hydrogen) atoms. The smallest absolute Gasteiger partial charge is 0.309 e. The highest BCUT2D eigenvalue weighted by Gasteiger charge is 2.31. The van der Waals surface area contributed by atoms with E-state index in [9.17, 15) is 18.0 Å². The Morgan fingerprint density at radius 2 is 1.75 bits per heavy atom. The molecule has 0 saturated heterocycles. The van der Waals surface area contributed by atoms with Crippen LogP contribution >= 0.6 is 0 Å². The van der Waals surface area contributed by atoms with Gasteiger partial charge in [-0.1, -0.05) is 13.8 Å². The molecule has 0 bridgehead atoms. The van der Waals surface area contributed by atoms with Crippen LogP contribution in [0.1, 0.15) is 26.7 Å². The number of nitrogens with one attached hydrogen (secondary N) is 1. The maximum absolute atomic E-state index is 12.4. The van der Waals surface area contributed by atoms with Crippen LogP contribution in [0, 0.1) is 5.92 Å². The second-order valence-corrected chi connectivity index (χ2v) is 7.48. The Morgan fingerprint density at radius 1 is 1.17 bits per heavy atom. The van der Waals surface area contributed by atoms with Crippen molar-refractivity contribution in [2.75, 3.05) is 25.0 Å². The van der Waals surface area contributed by atoms with E-state index in [1.807, 2.05) is 0 Å². The molecule has 132 valence electrons. The van der Waals surface area contributed by atoms with Gasteiger partial charge in [-0.2, -0.15) is 4.31 Å². The first kappa shape index (κ1) is 18.4. The molecule has 1 fully saturated rings. The van der Waals surface area contributed by atoms with Gasteiger partial charge in [-0.05, 0) is 37.1 Å². The molecule has 2 rings (SSSR count). The van der Waals surface area contributed by atoms with Gasteiger partial charge in [-0.3, -0.25) is 9.59 Å². The van der Waals surface area contributed by atoms with Crippen molar-refractivity contribution in [3.63, 3.8) is 0 Å². The molecule has 0 heterocycles. The van der Waals surface area contributed by atoms with Crippen molar-refractivity contribution >= 4 is 27.6 Å². The van der Waals surface area contributed by atoms with Crippen molar-refractivity contribution in [3.05, 3.63) is 24.3 Å². The predicted octanol–water partition coefficient (Wildman–Crippen LogP) is 1.61. The van der Waals surface area contributed by atoms with Crippen LogP contribution in [0.5, 0.6) is 0 Å². The number of nitrogens with zero attached hydrogens (tertiary/aromatic N) is 1. The van der Waals surface area contributed by atoms with Gasteiger partial charge in [0.05, 0.1) is 10.8 Å². The Labute approximate surface area is 142 Å². The summed E-state index contributed by atoms with van der Waals surface area (Å²) in [6.45, 7) is 4.00. The summed E-state index contributed by atoms with van der Waals surface area (Å²) in [6.07, 6.45) is 1.64. The largest absolute Gasteiger partial charge is 0.455 e. The first-order valence-electron chi connectivity index (χ1n) is 7.95. The molecule has 7 nitrogen and oxygen atoms in total. The Hall–Kier alpha value is -1.93. The zero-order valence-electron chi connectivity index (χ0n) is 13.8. The average Bonchev–Trinajstić information content (AvgIpc) is 3.39. The van der Waals surface area contributed by atoms with Gasteiger partial charge in [0.1, 0.15) is 0 Å². The van der Waals surface area contributed by atoms with Crippen LogP contribution < -0.4 is 5.32 Å². The van der Waals surface area contributed by atoms with E-state index >= 15 is 0 Å². The van der Waals surface area contributed by atoms with Gasteiger partial charge in [0, 0.05) is 18.8 Å². The van der Waals surface area contributed by atoms with Crippen molar-refractivity contribution < 1.29 is 22.7 Å². The number of ether oxygens (including phenoxy) is 1. The quantitative estimate of drug-likeness (QED) is 0.716. The Bertz CT molecular complexity index is 692. The van der Waals surface area contributed by atoms with E-state index in [0.29, 0.717) is 18.8 Å². The number of esters is 1. The Morgan fingerprint density at radius 3 is 2.25 bits per heavy atom. The summed E-state index contributed by atoms with van der Waals surface area (Å²) in [4.78, 5) is 23.3. The van der Waals surface area contributed by atoms with Gasteiger partial charge in [0.15, 0.2) is 6.61 Å². The molecule has 0 aromatic heterocycles. The van der Waals surface area contributed by atoms with Crippen LogP contribution in [0.25, 0.3) is 0 Å². The number of carbonyl (C=O) groups excluding carboxylic acids is 2. The standard InChI is InChI=1S/C16H22N2O5S/c1-3-18(4-2)24(21,22)14-9-7-13(8-10-14)17-15(19)11-23-16(20)12-5-6-12/h7-10,12H,3-6,11H2,1-2H3,(H,17,19). The van der Waals surface area contributed by atoms with Gasteiger partial charge < -0.3 is 10.1 Å². The van der Waals surface area contributed by atoms with Gasteiger partial charge >= 0.3 is 5.97 Å². The second kappa shape index (κ2) is 7.76. The summed E-state index contributed by atoms with van der Waals surface area (Å²) in [5.74, 6) is -0.850. The lowest BCUT2D eigenvalue weighted by Crippen LogP contribution is -2.30. The number of sulfonamides is 1. The van der Waals surface area contributed by atoms with Crippen LogP contribution in [0.3, 0.4) is 0 Å². The van der Waals surface area contributed by atoms with E-state index in [-0.39, 0.29) is 23.4 Å². The van der Waals surface area contributed by atoms with E-state index in [2.05, 4.69) is 5.32 Å². The molecule has 1 aromatic rings. The average molecular weight is 354 g/mol. The molecule has 0 radical (unpaired) electrons. The van der Waals surface area contributed by atoms with E-state index in [1.165, 1.54) is 28.6 Å². The van der Waals surface area contributed by atoms with E-state index < -0.39 is 15.9 Å². The van der Waals surface area contributed by atoms with Gasteiger partial charge in [0.25, 0.3) is 5.91 Å². The zero-order chi connectivity index (χ0) is 17.7. The van der Waals surface area contributed by atoms with E-state index in [1.54, 1.807) is 13.8 Å². The van der Waals surface area contributed by atoms with Crippen LogP contribution in [-0.2, 0) is 24.3 Å². The summed E-state index contributed by atoms with van der Waals surface area (Å²) in [6, 6.07) is 5.91. The monoisotopic (exact) mass is 354 g/mol. The van der Waals surface area contributed by atoms with Gasteiger partial charge in [-0.25, -0.2) is 8.42 Å². The summed E-state index contributed by atoms with van der Waals surface area (Å²) >= 11 is 0. The first-order chi connectivity index (χ1) is 11.4. The molecule has 1 amide bonds. The van der Waals surface area contributed by atoms with Crippen molar-refractivity contribution in [2.24, 2.45) is 5.92 Å². The van der Waals surface area contributed by atoms with E-state index in [4.69, 9.17) is 4.74 Å². The molecule has 1 aliphatic carbocycles. The van der Waals surface area contributed by atoms with Crippen LogP contribution in [-0.4, -0.2) is 44.3 Å². The summed E-state index contributed by atoms with van der Waals surface area (Å²) < 4.78 is 31.0. The minimum absolute atomic E-state index is 0.0534. The van der Waals surface area contributed by atoms with Gasteiger partial charge in [0.2, 0.25) is 10.0 Å². The van der Waals surface area contributed by atoms with Crippen LogP contribution in [0.4, 0.5) is 5.69 Å². The maximum Gasteiger partial charge on any atom is 0.309 e. The fraction of sp³-hybridized carbons (Fsp3) is 0.500. The number of carbonyl (C=O) groups is 2. The Kier molecular flexibility index (Phi) is 5.95. The molecule has 1 aromatic carbocycles. The lowest BCUT2D eigenvalue weighted by atomic mass is 10.3. The lowest BCUT2D eigenvalue weighted by Gasteiger charge is -2.18. The molecule has 0 atom stereocenters. The normalized spacial score (nSPS) is 14.5. The SMILES string of the molecule is CCN(CC)S(=O)(=O)c1ccc(NC(=O)COC(=O)C2CC2)cc1. The van der Waals surface area contributed by atoms with Crippen LogP contribution in [0.15, 0.2) is 29.2 Å². The molecule has 0 spiro atoms. The maximum atomic E-state index is 12.4. The molecule has 0 unspecified atom stereocenters. The van der Waals surface area contributed by atoms with Crippen LogP contribution in [0.2, 0.25) is 0 Å². The van der Waals surface area contributed by atoms with Crippen molar-refractivity contribution in [3.8, 4) is 0 Å². The third-order valence-corrected chi connectivity index (χ3v) is 5.80. The molecule has 1 N–H and O–H groups in total. The molecule has 0 aliphatic heterocycles.